The predicted molar refractivity (Wildman–Crippen MR) is 234 cm³/mol. The van der Waals surface area contributed by atoms with Crippen molar-refractivity contribution in [2.24, 2.45) is 5.92 Å². The van der Waals surface area contributed by atoms with Gasteiger partial charge in [-0.05, 0) is 50.9 Å². The Morgan fingerprint density at radius 2 is 1.12 bits per heavy atom. The number of allylic oxidation sites excluding steroid dienone is 9. The summed E-state index contributed by atoms with van der Waals surface area (Å²) in [6.45, 7) is 4.31. The standard InChI is InChI=1S/C46H81O11P/c1-4-42(48)34-30-26-22-18-14-10-6-8-12-16-20-24-28-32-36-46(51)57-44(40-56-58(52,53)55-38-43(49)37-47)39-54-45(50)35-31-27-23-19-15-11-7-5-9-13-17-21-25-29-33-41(2)3/h8,10,12,14,20,22,24,26,30,34,41-44,47-49H,4-7,9,11,13,15-19,21,23,25,27-29,31-33,35-40H2,1-3H3,(H,52,53)/b12-8-,14-10-,24-20-,26-22-,34-30+/t42-,43+,44-/m1/s1. The summed E-state index contributed by atoms with van der Waals surface area (Å²) in [6.07, 6.45) is 40.0. The number of phosphoric acid groups is 1. The van der Waals surface area contributed by atoms with Crippen LogP contribution in [-0.2, 0) is 32.7 Å². The van der Waals surface area contributed by atoms with Gasteiger partial charge in [0.2, 0.25) is 0 Å². The molecule has 4 atom stereocenters. The highest BCUT2D eigenvalue weighted by Gasteiger charge is 2.27. The molecule has 0 aliphatic heterocycles. The van der Waals surface area contributed by atoms with E-state index < -0.39 is 57.9 Å². The summed E-state index contributed by atoms with van der Waals surface area (Å²) >= 11 is 0. The minimum absolute atomic E-state index is 0.0908. The van der Waals surface area contributed by atoms with E-state index in [9.17, 15) is 29.3 Å². The van der Waals surface area contributed by atoms with E-state index in [1.54, 1.807) is 6.08 Å². The van der Waals surface area contributed by atoms with E-state index in [0.717, 1.165) is 44.4 Å². The number of phosphoric ester groups is 1. The van der Waals surface area contributed by atoms with Crippen molar-refractivity contribution in [2.45, 2.75) is 187 Å². The average Bonchev–Trinajstić information content (AvgIpc) is 3.20. The average molecular weight is 841 g/mol. The largest absolute Gasteiger partial charge is 0.472 e. The van der Waals surface area contributed by atoms with Crippen molar-refractivity contribution in [3.63, 3.8) is 0 Å². The molecule has 0 aromatic heterocycles. The Morgan fingerprint density at radius 3 is 1.67 bits per heavy atom. The molecule has 0 saturated heterocycles. The van der Waals surface area contributed by atoms with Crippen LogP contribution in [-0.4, -0.2) is 76.9 Å². The number of ether oxygens (including phenoxy) is 2. The minimum Gasteiger partial charge on any atom is -0.462 e. The molecular weight excluding hydrogens is 759 g/mol. The van der Waals surface area contributed by atoms with Crippen LogP contribution in [0.3, 0.4) is 0 Å². The van der Waals surface area contributed by atoms with Crippen LogP contribution in [0.5, 0.6) is 0 Å². The molecule has 0 saturated carbocycles. The van der Waals surface area contributed by atoms with Gasteiger partial charge in [0.05, 0.1) is 25.9 Å². The number of carbonyl (C=O) groups is 2. The second-order valence-electron chi connectivity index (χ2n) is 15.4. The Balaban J connectivity index is 4.39. The van der Waals surface area contributed by atoms with E-state index in [1.807, 2.05) is 37.3 Å². The fourth-order valence-electron chi connectivity index (χ4n) is 5.69. The van der Waals surface area contributed by atoms with Gasteiger partial charge in [-0.2, -0.15) is 0 Å². The second-order valence-corrected chi connectivity index (χ2v) is 16.8. The fraction of sp³-hybridized carbons (Fsp3) is 0.739. The smallest absolute Gasteiger partial charge is 0.462 e. The van der Waals surface area contributed by atoms with Gasteiger partial charge in [-0.3, -0.25) is 18.6 Å². The van der Waals surface area contributed by atoms with E-state index in [-0.39, 0.29) is 19.4 Å². The first-order valence-electron chi connectivity index (χ1n) is 22.2. The molecular formula is C46H81O11P. The molecule has 0 aromatic rings. The lowest BCUT2D eigenvalue weighted by Gasteiger charge is -2.20. The predicted octanol–water partition coefficient (Wildman–Crippen LogP) is 10.7. The van der Waals surface area contributed by atoms with E-state index >= 15 is 0 Å². The third kappa shape index (κ3) is 40.4. The normalized spacial score (nSPS) is 15.0. The number of unbranched alkanes of at least 4 members (excludes halogenated alkanes) is 14. The highest BCUT2D eigenvalue weighted by molar-refractivity contribution is 7.47. The van der Waals surface area contributed by atoms with Crippen molar-refractivity contribution in [1.82, 2.24) is 0 Å². The Labute approximate surface area is 351 Å². The van der Waals surface area contributed by atoms with Crippen LogP contribution in [0.1, 0.15) is 168 Å². The van der Waals surface area contributed by atoms with Gasteiger partial charge in [-0.25, -0.2) is 4.57 Å². The van der Waals surface area contributed by atoms with Crippen molar-refractivity contribution in [3.8, 4) is 0 Å². The molecule has 0 amide bonds. The number of hydrogen-bond donors (Lipinski definition) is 4. The molecule has 4 N–H and O–H groups in total. The van der Waals surface area contributed by atoms with Crippen LogP contribution < -0.4 is 0 Å². The minimum atomic E-state index is -4.64. The molecule has 0 fully saturated rings. The van der Waals surface area contributed by atoms with Crippen molar-refractivity contribution in [2.75, 3.05) is 26.4 Å². The molecule has 58 heavy (non-hydrogen) atoms. The van der Waals surface area contributed by atoms with Crippen molar-refractivity contribution >= 4 is 19.8 Å². The summed E-state index contributed by atoms with van der Waals surface area (Å²) in [5.74, 6) is -0.194. The van der Waals surface area contributed by atoms with Crippen LogP contribution >= 0.6 is 7.82 Å². The van der Waals surface area contributed by atoms with E-state index in [2.05, 4.69) is 42.7 Å². The third-order valence-corrected chi connectivity index (χ3v) is 10.2. The van der Waals surface area contributed by atoms with Gasteiger partial charge in [0.25, 0.3) is 0 Å². The Morgan fingerprint density at radius 1 is 0.621 bits per heavy atom. The van der Waals surface area contributed by atoms with Gasteiger partial charge in [0.15, 0.2) is 6.10 Å². The van der Waals surface area contributed by atoms with Crippen LogP contribution in [0.4, 0.5) is 0 Å². The SMILES string of the molecule is CC[C@@H](O)/C=C/C=C\C/C=C\C/C=C\C/C=C\CCCC(=O)O[C@H](COC(=O)CCCCCCCCCCCCCCCCC(C)C)COP(=O)(O)OC[C@@H](O)CO. The molecule has 336 valence electrons. The highest BCUT2D eigenvalue weighted by atomic mass is 31.2. The quantitative estimate of drug-likeness (QED) is 0.0152. The zero-order chi connectivity index (χ0) is 43.0. The van der Waals surface area contributed by atoms with Gasteiger partial charge in [0.1, 0.15) is 12.7 Å². The van der Waals surface area contributed by atoms with Crippen LogP contribution in [0.15, 0.2) is 60.8 Å². The summed E-state index contributed by atoms with van der Waals surface area (Å²) in [7, 11) is -4.64. The molecule has 0 rings (SSSR count). The summed E-state index contributed by atoms with van der Waals surface area (Å²) in [4.78, 5) is 35.0. The zero-order valence-corrected chi connectivity index (χ0v) is 37.2. The van der Waals surface area contributed by atoms with E-state index in [4.69, 9.17) is 19.1 Å². The fourth-order valence-corrected chi connectivity index (χ4v) is 6.48. The lowest BCUT2D eigenvalue weighted by atomic mass is 10.0. The first kappa shape index (κ1) is 55.6. The summed E-state index contributed by atoms with van der Waals surface area (Å²) in [6, 6.07) is 0. The van der Waals surface area contributed by atoms with Gasteiger partial charge in [-0.1, -0.05) is 171 Å². The van der Waals surface area contributed by atoms with Gasteiger partial charge >= 0.3 is 19.8 Å². The highest BCUT2D eigenvalue weighted by Crippen LogP contribution is 2.43. The molecule has 0 heterocycles. The van der Waals surface area contributed by atoms with Crippen LogP contribution in [0.25, 0.3) is 0 Å². The lowest BCUT2D eigenvalue weighted by Crippen LogP contribution is -2.29. The summed E-state index contributed by atoms with van der Waals surface area (Å²) in [5.41, 5.74) is 0. The van der Waals surface area contributed by atoms with Gasteiger partial charge in [0, 0.05) is 12.8 Å². The molecule has 0 spiro atoms. The molecule has 1 unspecified atom stereocenters. The summed E-state index contributed by atoms with van der Waals surface area (Å²) in [5, 5.41) is 27.8. The zero-order valence-electron chi connectivity index (χ0n) is 36.3. The number of rotatable bonds is 40. The monoisotopic (exact) mass is 841 g/mol. The van der Waals surface area contributed by atoms with Crippen molar-refractivity contribution in [1.29, 1.82) is 0 Å². The first-order chi connectivity index (χ1) is 28.0. The molecule has 12 heteroatoms. The summed E-state index contributed by atoms with van der Waals surface area (Å²) < 4.78 is 32.7. The number of esters is 2. The Hall–Kier alpha value is -2.37. The molecule has 0 aromatic carbocycles. The van der Waals surface area contributed by atoms with E-state index in [0.29, 0.717) is 25.7 Å². The second kappa shape index (κ2) is 40.1. The van der Waals surface area contributed by atoms with Crippen molar-refractivity contribution < 1.29 is 52.9 Å². The van der Waals surface area contributed by atoms with Crippen LogP contribution in [0, 0.1) is 5.92 Å². The molecule has 0 aliphatic carbocycles. The maximum absolute atomic E-state index is 12.6. The number of aliphatic hydroxyl groups excluding tert-OH is 3. The molecule has 0 radical (unpaired) electrons. The van der Waals surface area contributed by atoms with Gasteiger partial charge < -0.3 is 29.7 Å². The maximum Gasteiger partial charge on any atom is 0.472 e. The van der Waals surface area contributed by atoms with Crippen LogP contribution in [0.2, 0.25) is 0 Å². The topological polar surface area (TPSA) is 169 Å². The maximum atomic E-state index is 12.6. The Kier molecular flexibility index (Phi) is 38.4. The van der Waals surface area contributed by atoms with E-state index in [1.165, 1.54) is 70.6 Å². The molecule has 0 bridgehead atoms. The number of aliphatic hydroxyl groups is 3. The first-order valence-corrected chi connectivity index (χ1v) is 23.7. The lowest BCUT2D eigenvalue weighted by molar-refractivity contribution is -0.161. The number of carbonyl (C=O) groups excluding carboxylic acids is 2. The third-order valence-electron chi connectivity index (χ3n) is 9.27. The van der Waals surface area contributed by atoms with Gasteiger partial charge in [-0.15, -0.1) is 0 Å². The molecule has 0 aliphatic rings. The Bertz CT molecular complexity index is 1180. The molecule has 11 nitrogen and oxygen atoms in total. The van der Waals surface area contributed by atoms with Crippen molar-refractivity contribution in [3.05, 3.63) is 60.8 Å². The number of hydrogen-bond acceptors (Lipinski definition) is 10.